The number of nitrogens with zero attached hydrogens (tertiary/aromatic N) is 2. The molecule has 0 saturated heterocycles. The molecule has 2 nitrogen and oxygen atoms in total. The van der Waals surface area contributed by atoms with E-state index in [1.165, 1.54) is 16.7 Å². The Balaban J connectivity index is 2.17. The summed E-state index contributed by atoms with van der Waals surface area (Å²) in [7, 11) is 0. The van der Waals surface area contributed by atoms with Crippen molar-refractivity contribution in [1.82, 2.24) is 9.97 Å². The van der Waals surface area contributed by atoms with Crippen LogP contribution in [0.1, 0.15) is 22.4 Å². The summed E-state index contributed by atoms with van der Waals surface area (Å²) in [4.78, 5) is 8.57. The Morgan fingerprint density at radius 1 is 0.929 bits per heavy atom. The molecule has 0 fully saturated rings. The van der Waals surface area contributed by atoms with Gasteiger partial charge in [-0.2, -0.15) is 0 Å². The highest BCUT2D eigenvalue weighted by Crippen LogP contribution is 2.16. The average molecular weight is 182 g/mol. The predicted octanol–water partition coefficient (Wildman–Crippen LogP) is 1.97. The first kappa shape index (κ1) is 7.68. The van der Waals surface area contributed by atoms with Gasteiger partial charge in [0.2, 0.25) is 0 Å². The molecule has 2 aromatic rings. The van der Waals surface area contributed by atoms with E-state index in [-0.39, 0.29) is 0 Å². The minimum Gasteiger partial charge on any atom is -0.264 e. The van der Waals surface area contributed by atoms with E-state index in [2.05, 4.69) is 28.2 Å². The number of rotatable bonds is 0. The summed E-state index contributed by atoms with van der Waals surface area (Å²) in [5, 5.41) is 0. The molecule has 14 heavy (non-hydrogen) atoms. The van der Waals surface area contributed by atoms with E-state index >= 15 is 0 Å². The molecule has 1 aliphatic carbocycles. The molecule has 0 spiro atoms. The van der Waals surface area contributed by atoms with Crippen molar-refractivity contribution in [1.29, 1.82) is 0 Å². The first-order valence-corrected chi connectivity index (χ1v) is 4.77. The van der Waals surface area contributed by atoms with Gasteiger partial charge in [0.25, 0.3) is 0 Å². The highest BCUT2D eigenvalue weighted by molar-refractivity contribution is 5.32. The molecule has 2 heteroatoms. The Bertz CT molecular complexity index is 397. The molecule has 2 aromatic heterocycles. The van der Waals surface area contributed by atoms with Crippen molar-refractivity contribution in [2.45, 2.75) is 12.8 Å². The van der Waals surface area contributed by atoms with Crippen LogP contribution < -0.4 is 0 Å². The zero-order valence-electron chi connectivity index (χ0n) is 7.77. The van der Waals surface area contributed by atoms with Gasteiger partial charge in [-0.25, -0.2) is 0 Å². The van der Waals surface area contributed by atoms with E-state index in [0.717, 1.165) is 18.5 Å². The second-order valence-corrected chi connectivity index (χ2v) is 3.71. The van der Waals surface area contributed by atoms with Gasteiger partial charge in [0.15, 0.2) is 0 Å². The Kier molecular flexibility index (Phi) is 1.60. The van der Waals surface area contributed by atoms with Crippen LogP contribution in [0.3, 0.4) is 0 Å². The van der Waals surface area contributed by atoms with Crippen LogP contribution in [0.15, 0.2) is 36.8 Å². The molecular weight excluding hydrogens is 172 g/mol. The van der Waals surface area contributed by atoms with E-state index in [1.807, 2.05) is 18.6 Å². The monoisotopic (exact) mass is 182 g/mol. The van der Waals surface area contributed by atoms with Crippen LogP contribution in [0.2, 0.25) is 0 Å². The minimum absolute atomic E-state index is 0.898. The summed E-state index contributed by atoms with van der Waals surface area (Å²) < 4.78 is 0. The summed E-state index contributed by atoms with van der Waals surface area (Å²) >= 11 is 0. The van der Waals surface area contributed by atoms with Gasteiger partial charge < -0.3 is 0 Å². The third-order valence-electron chi connectivity index (χ3n) is 2.53. The molecule has 4 bridgehead atoms. The van der Waals surface area contributed by atoms with Crippen molar-refractivity contribution in [2.24, 2.45) is 0 Å². The lowest BCUT2D eigenvalue weighted by Gasteiger charge is -2.10. The van der Waals surface area contributed by atoms with E-state index in [0.29, 0.717) is 0 Å². The number of hydrogen-bond acceptors (Lipinski definition) is 2. The minimum atomic E-state index is 0.898. The largest absolute Gasteiger partial charge is 0.264 e. The third-order valence-corrected chi connectivity index (χ3v) is 2.53. The molecule has 0 aromatic carbocycles. The molecule has 0 N–H and O–H groups in total. The summed E-state index contributed by atoms with van der Waals surface area (Å²) in [6, 6.07) is 6.47. The molecular formula is C12H10N2. The van der Waals surface area contributed by atoms with Crippen LogP contribution in [0.4, 0.5) is 0 Å². The SMILES string of the molecule is c1cc2cc(n1)Cc1cncc(c1)C2. The molecule has 0 unspecified atom stereocenters. The van der Waals surface area contributed by atoms with Gasteiger partial charge in [-0.3, -0.25) is 9.97 Å². The lowest BCUT2D eigenvalue weighted by atomic mass is 9.99. The van der Waals surface area contributed by atoms with Crippen LogP contribution in [0.5, 0.6) is 0 Å². The van der Waals surface area contributed by atoms with Gasteiger partial charge in [0, 0.05) is 30.7 Å². The standard InChI is InChI=1S/C12H10N2/c1-2-14-12-5-9(1)3-10-4-11(6-12)8-13-7-10/h1-2,4-5,7-8H,3,6H2. The van der Waals surface area contributed by atoms with Crippen molar-refractivity contribution in [3.8, 4) is 0 Å². The Morgan fingerprint density at radius 3 is 2.71 bits per heavy atom. The summed E-state index contributed by atoms with van der Waals surface area (Å²) in [6.07, 6.45) is 7.62. The fourth-order valence-corrected chi connectivity index (χ4v) is 1.91. The molecule has 0 saturated carbocycles. The number of hydrogen-bond donors (Lipinski definition) is 0. The maximum Gasteiger partial charge on any atom is 0.0450 e. The van der Waals surface area contributed by atoms with Gasteiger partial charge in [-0.05, 0) is 35.2 Å². The normalized spacial score (nSPS) is 13.1. The van der Waals surface area contributed by atoms with Crippen LogP contribution in [0, 0.1) is 0 Å². The fourth-order valence-electron chi connectivity index (χ4n) is 1.91. The van der Waals surface area contributed by atoms with Crippen LogP contribution in [-0.2, 0) is 12.8 Å². The fraction of sp³-hybridized carbons (Fsp3) is 0.167. The average Bonchev–Trinajstić information content (AvgIpc) is 2.17. The van der Waals surface area contributed by atoms with Crippen LogP contribution in [0.25, 0.3) is 0 Å². The summed E-state index contributed by atoms with van der Waals surface area (Å²) in [6.45, 7) is 0. The van der Waals surface area contributed by atoms with Crippen molar-refractivity contribution in [3.05, 3.63) is 59.2 Å². The first-order valence-electron chi connectivity index (χ1n) is 4.77. The third kappa shape index (κ3) is 1.29. The Morgan fingerprint density at radius 2 is 1.79 bits per heavy atom. The summed E-state index contributed by atoms with van der Waals surface area (Å²) in [5.41, 5.74) is 5.01. The molecule has 0 aliphatic heterocycles. The zero-order chi connectivity index (χ0) is 9.38. The van der Waals surface area contributed by atoms with Gasteiger partial charge in [-0.1, -0.05) is 6.07 Å². The van der Waals surface area contributed by atoms with E-state index in [4.69, 9.17) is 0 Å². The lowest BCUT2D eigenvalue weighted by Crippen LogP contribution is -2.01. The Labute approximate surface area is 82.7 Å². The second-order valence-electron chi connectivity index (χ2n) is 3.71. The quantitative estimate of drug-likeness (QED) is 0.531. The molecule has 68 valence electrons. The van der Waals surface area contributed by atoms with Crippen molar-refractivity contribution >= 4 is 0 Å². The van der Waals surface area contributed by atoms with Gasteiger partial charge >= 0.3 is 0 Å². The highest BCUT2D eigenvalue weighted by Gasteiger charge is 2.06. The Hall–Kier alpha value is -1.70. The smallest absolute Gasteiger partial charge is 0.0450 e. The maximum absolute atomic E-state index is 4.34. The number of aromatic nitrogens is 2. The maximum atomic E-state index is 4.34. The van der Waals surface area contributed by atoms with Crippen molar-refractivity contribution in [2.75, 3.05) is 0 Å². The van der Waals surface area contributed by atoms with Crippen LogP contribution in [-0.4, -0.2) is 9.97 Å². The number of fused-ring (bicyclic) bond motifs is 4. The molecule has 0 atom stereocenters. The van der Waals surface area contributed by atoms with Gasteiger partial charge in [0.1, 0.15) is 0 Å². The molecule has 3 rings (SSSR count). The number of pyridine rings is 2. The van der Waals surface area contributed by atoms with Gasteiger partial charge in [-0.15, -0.1) is 0 Å². The van der Waals surface area contributed by atoms with E-state index < -0.39 is 0 Å². The lowest BCUT2D eigenvalue weighted by molar-refractivity contribution is 0.994. The molecule has 2 heterocycles. The van der Waals surface area contributed by atoms with Crippen molar-refractivity contribution < 1.29 is 0 Å². The molecule has 0 radical (unpaired) electrons. The summed E-state index contributed by atoms with van der Waals surface area (Å²) in [5.74, 6) is 0. The molecule has 0 amide bonds. The second kappa shape index (κ2) is 2.91. The zero-order valence-corrected chi connectivity index (χ0v) is 7.77. The predicted molar refractivity (Wildman–Crippen MR) is 54.1 cm³/mol. The van der Waals surface area contributed by atoms with Gasteiger partial charge in [0.05, 0.1) is 0 Å². The van der Waals surface area contributed by atoms with Crippen molar-refractivity contribution in [3.63, 3.8) is 0 Å². The highest BCUT2D eigenvalue weighted by atomic mass is 14.7. The topological polar surface area (TPSA) is 25.8 Å². The van der Waals surface area contributed by atoms with E-state index in [9.17, 15) is 0 Å². The molecule has 1 aliphatic rings. The van der Waals surface area contributed by atoms with E-state index in [1.54, 1.807) is 0 Å². The van der Waals surface area contributed by atoms with Crippen LogP contribution >= 0.6 is 0 Å². The first-order chi connectivity index (χ1) is 6.90.